The number of halogens is 1. The second-order valence-electron chi connectivity index (χ2n) is 5.30. The van der Waals surface area contributed by atoms with Crippen LogP contribution in [0.2, 0.25) is 0 Å². The van der Waals surface area contributed by atoms with Gasteiger partial charge in [0.2, 0.25) is 0 Å². The molecule has 1 fully saturated rings. The van der Waals surface area contributed by atoms with E-state index < -0.39 is 0 Å². The Kier molecular flexibility index (Phi) is 3.89. The lowest BCUT2D eigenvalue weighted by atomic mass is 9.96. The predicted molar refractivity (Wildman–Crippen MR) is 75.6 cm³/mol. The first-order valence-corrected chi connectivity index (χ1v) is 7.55. The van der Waals surface area contributed by atoms with Crippen LogP contribution in [0.15, 0.2) is 16.6 Å². The van der Waals surface area contributed by atoms with Crippen molar-refractivity contribution in [2.75, 3.05) is 19.8 Å². The summed E-state index contributed by atoms with van der Waals surface area (Å²) in [6.45, 7) is 2.26. The SMILES string of the molecule is O=C(Cc1cc(Br)cc2c1OCC2)CC1CCOC1. The molecule has 0 aliphatic carbocycles. The molecule has 3 rings (SSSR count). The van der Waals surface area contributed by atoms with Gasteiger partial charge < -0.3 is 9.47 Å². The first-order valence-electron chi connectivity index (χ1n) is 6.76. The number of hydrogen-bond donors (Lipinski definition) is 0. The second-order valence-corrected chi connectivity index (χ2v) is 6.22. The Bertz CT molecular complexity index is 492. The van der Waals surface area contributed by atoms with Gasteiger partial charge in [-0.2, -0.15) is 0 Å². The number of ether oxygens (including phenoxy) is 2. The maximum Gasteiger partial charge on any atom is 0.137 e. The highest BCUT2D eigenvalue weighted by molar-refractivity contribution is 9.10. The highest BCUT2D eigenvalue weighted by Gasteiger charge is 2.22. The van der Waals surface area contributed by atoms with E-state index in [4.69, 9.17) is 9.47 Å². The van der Waals surface area contributed by atoms with Gasteiger partial charge in [0.15, 0.2) is 0 Å². The molecule has 0 saturated carbocycles. The van der Waals surface area contributed by atoms with E-state index in [0.29, 0.717) is 18.8 Å². The summed E-state index contributed by atoms with van der Waals surface area (Å²) in [6, 6.07) is 4.09. The summed E-state index contributed by atoms with van der Waals surface area (Å²) in [5, 5.41) is 0. The molecule has 0 radical (unpaired) electrons. The first kappa shape index (κ1) is 13.1. The molecule has 0 N–H and O–H groups in total. The molecule has 2 aliphatic heterocycles. The molecule has 0 spiro atoms. The molecule has 1 aromatic rings. The number of hydrogen-bond acceptors (Lipinski definition) is 3. The van der Waals surface area contributed by atoms with Crippen LogP contribution in [0.1, 0.15) is 24.0 Å². The summed E-state index contributed by atoms with van der Waals surface area (Å²) < 4.78 is 12.0. The number of carbonyl (C=O) groups is 1. The molecule has 19 heavy (non-hydrogen) atoms. The van der Waals surface area contributed by atoms with Crippen LogP contribution in [-0.4, -0.2) is 25.6 Å². The molecule has 0 bridgehead atoms. The standard InChI is InChI=1S/C15H17BrO3/c16-13-6-11-2-4-19-15(11)12(7-13)8-14(17)5-10-1-3-18-9-10/h6-7,10H,1-5,8-9H2. The molecule has 0 amide bonds. The van der Waals surface area contributed by atoms with E-state index >= 15 is 0 Å². The lowest BCUT2D eigenvalue weighted by Gasteiger charge is -2.10. The quantitative estimate of drug-likeness (QED) is 0.854. The number of Topliss-reactive ketones (excluding diaryl/α,β-unsaturated/α-hetero) is 1. The van der Waals surface area contributed by atoms with Crippen molar-refractivity contribution in [3.8, 4) is 5.75 Å². The van der Waals surface area contributed by atoms with E-state index in [1.807, 2.05) is 6.07 Å². The van der Waals surface area contributed by atoms with Crippen molar-refractivity contribution in [3.05, 3.63) is 27.7 Å². The third-order valence-electron chi connectivity index (χ3n) is 3.75. The Hall–Kier alpha value is -0.870. The Morgan fingerprint density at radius 2 is 2.26 bits per heavy atom. The molecule has 1 unspecified atom stereocenters. The van der Waals surface area contributed by atoms with Gasteiger partial charge in [0, 0.05) is 42.5 Å². The van der Waals surface area contributed by atoms with E-state index in [-0.39, 0.29) is 5.78 Å². The minimum absolute atomic E-state index is 0.284. The first-order chi connectivity index (χ1) is 9.22. The number of fused-ring (bicyclic) bond motifs is 1. The van der Waals surface area contributed by atoms with Crippen LogP contribution >= 0.6 is 15.9 Å². The summed E-state index contributed by atoms with van der Waals surface area (Å²) in [7, 11) is 0. The van der Waals surface area contributed by atoms with E-state index in [0.717, 1.165) is 48.4 Å². The lowest BCUT2D eigenvalue weighted by molar-refractivity contribution is -0.119. The van der Waals surface area contributed by atoms with Crippen molar-refractivity contribution in [3.63, 3.8) is 0 Å². The Morgan fingerprint density at radius 3 is 3.05 bits per heavy atom. The molecular formula is C15H17BrO3. The third kappa shape index (κ3) is 3.00. The minimum Gasteiger partial charge on any atom is -0.493 e. The van der Waals surface area contributed by atoms with Crippen molar-refractivity contribution < 1.29 is 14.3 Å². The van der Waals surface area contributed by atoms with Gasteiger partial charge in [-0.3, -0.25) is 4.79 Å². The molecule has 4 heteroatoms. The smallest absolute Gasteiger partial charge is 0.137 e. The molecule has 1 aromatic carbocycles. The van der Waals surface area contributed by atoms with Crippen molar-refractivity contribution in [2.45, 2.75) is 25.7 Å². The molecule has 102 valence electrons. The summed E-state index contributed by atoms with van der Waals surface area (Å²) in [5.74, 6) is 1.62. The Balaban J connectivity index is 1.70. The van der Waals surface area contributed by atoms with E-state index in [2.05, 4.69) is 22.0 Å². The van der Waals surface area contributed by atoms with Crippen LogP contribution in [0.25, 0.3) is 0 Å². The van der Waals surface area contributed by atoms with Crippen LogP contribution in [0, 0.1) is 5.92 Å². The molecule has 1 atom stereocenters. The van der Waals surface area contributed by atoms with Crippen molar-refractivity contribution in [1.29, 1.82) is 0 Å². The average molecular weight is 325 g/mol. The third-order valence-corrected chi connectivity index (χ3v) is 4.21. The number of carbonyl (C=O) groups excluding carboxylic acids is 1. The number of benzene rings is 1. The normalized spacial score (nSPS) is 21.2. The van der Waals surface area contributed by atoms with E-state index in [9.17, 15) is 4.79 Å². The van der Waals surface area contributed by atoms with Gasteiger partial charge in [-0.25, -0.2) is 0 Å². The second kappa shape index (κ2) is 5.63. The monoisotopic (exact) mass is 324 g/mol. The minimum atomic E-state index is 0.284. The van der Waals surface area contributed by atoms with Crippen LogP contribution in [0.5, 0.6) is 5.75 Å². The van der Waals surface area contributed by atoms with Crippen LogP contribution in [0.3, 0.4) is 0 Å². The summed E-state index contributed by atoms with van der Waals surface area (Å²) in [5.41, 5.74) is 2.23. The topological polar surface area (TPSA) is 35.5 Å². The van der Waals surface area contributed by atoms with Gasteiger partial charge in [-0.05, 0) is 30.0 Å². The lowest BCUT2D eigenvalue weighted by Crippen LogP contribution is -2.11. The van der Waals surface area contributed by atoms with Gasteiger partial charge >= 0.3 is 0 Å². The fourth-order valence-electron chi connectivity index (χ4n) is 2.83. The highest BCUT2D eigenvalue weighted by atomic mass is 79.9. The van der Waals surface area contributed by atoms with E-state index in [1.54, 1.807) is 0 Å². The predicted octanol–water partition coefficient (Wildman–Crippen LogP) is 2.92. The Morgan fingerprint density at radius 1 is 1.37 bits per heavy atom. The molecular weight excluding hydrogens is 308 g/mol. The summed E-state index contributed by atoms with van der Waals surface area (Å²) in [6.07, 6.45) is 3.05. The Labute approximate surface area is 121 Å². The zero-order valence-electron chi connectivity index (χ0n) is 10.8. The number of ketones is 1. The molecule has 3 nitrogen and oxygen atoms in total. The van der Waals surface area contributed by atoms with E-state index in [1.165, 1.54) is 5.56 Å². The zero-order chi connectivity index (χ0) is 13.2. The molecule has 0 aromatic heterocycles. The van der Waals surface area contributed by atoms with Crippen LogP contribution in [0.4, 0.5) is 0 Å². The van der Waals surface area contributed by atoms with Gasteiger partial charge in [0.25, 0.3) is 0 Å². The van der Waals surface area contributed by atoms with Crippen molar-refractivity contribution >= 4 is 21.7 Å². The molecule has 2 aliphatic rings. The van der Waals surface area contributed by atoms with Crippen molar-refractivity contribution in [1.82, 2.24) is 0 Å². The van der Waals surface area contributed by atoms with Crippen LogP contribution in [-0.2, 0) is 22.4 Å². The molecule has 1 saturated heterocycles. The fourth-order valence-corrected chi connectivity index (χ4v) is 3.38. The highest BCUT2D eigenvalue weighted by Crippen LogP contribution is 2.33. The number of rotatable bonds is 4. The fraction of sp³-hybridized carbons (Fsp3) is 0.533. The van der Waals surface area contributed by atoms with Crippen molar-refractivity contribution in [2.24, 2.45) is 5.92 Å². The summed E-state index contributed by atoms with van der Waals surface area (Å²) >= 11 is 3.51. The van der Waals surface area contributed by atoms with Gasteiger partial charge in [0.05, 0.1) is 6.61 Å². The molecule has 2 heterocycles. The summed E-state index contributed by atoms with van der Waals surface area (Å²) in [4.78, 5) is 12.2. The maximum absolute atomic E-state index is 12.2. The van der Waals surface area contributed by atoms with Gasteiger partial charge in [-0.1, -0.05) is 15.9 Å². The van der Waals surface area contributed by atoms with Crippen LogP contribution < -0.4 is 4.74 Å². The zero-order valence-corrected chi connectivity index (χ0v) is 12.4. The van der Waals surface area contributed by atoms with Gasteiger partial charge in [0.1, 0.15) is 11.5 Å². The largest absolute Gasteiger partial charge is 0.493 e. The van der Waals surface area contributed by atoms with Gasteiger partial charge in [-0.15, -0.1) is 0 Å². The average Bonchev–Trinajstić information content (AvgIpc) is 2.99. The maximum atomic E-state index is 12.2.